The van der Waals surface area contributed by atoms with Crippen LogP contribution < -0.4 is 5.32 Å². The topological polar surface area (TPSA) is 32.3 Å². The molecule has 15 heavy (non-hydrogen) atoms. The lowest BCUT2D eigenvalue weighted by molar-refractivity contribution is 0.0925. The van der Waals surface area contributed by atoms with Gasteiger partial charge >= 0.3 is 0 Å². The van der Waals surface area contributed by atoms with Gasteiger partial charge in [0.05, 0.1) is 15.8 Å². The molecule has 3 nitrogen and oxygen atoms in total. The van der Waals surface area contributed by atoms with Crippen LogP contribution in [-0.4, -0.2) is 43.4 Å². The second-order valence-electron chi connectivity index (χ2n) is 3.55. The average molecular weight is 245 g/mol. The fraction of sp³-hybridized carbons (Fsp3) is 0.500. The fourth-order valence-electron chi connectivity index (χ4n) is 1.61. The van der Waals surface area contributed by atoms with Crippen molar-refractivity contribution in [2.45, 2.75) is 0 Å². The fourth-order valence-corrected chi connectivity index (χ4v) is 2.59. The van der Waals surface area contributed by atoms with Crippen molar-refractivity contribution in [3.05, 3.63) is 21.3 Å². The number of hydrogen-bond acceptors (Lipinski definition) is 4. The molecule has 0 unspecified atom stereocenters. The van der Waals surface area contributed by atoms with Crippen molar-refractivity contribution in [3.8, 4) is 0 Å². The highest BCUT2D eigenvalue weighted by molar-refractivity contribution is 7.18. The molecule has 2 rings (SSSR count). The molecule has 0 aromatic carbocycles. The number of nitrogens with one attached hydrogen (secondary N) is 1. The Kier molecular flexibility index (Phi) is 3.75. The summed E-state index contributed by atoms with van der Waals surface area (Å²) in [6.45, 7) is 4.35. The van der Waals surface area contributed by atoms with Crippen molar-refractivity contribution in [1.29, 1.82) is 0 Å². The number of piperazine rings is 1. The van der Waals surface area contributed by atoms with Crippen LogP contribution in [0.4, 0.5) is 0 Å². The quantitative estimate of drug-likeness (QED) is 0.818. The van der Waals surface area contributed by atoms with Crippen LogP contribution in [0.15, 0.2) is 12.1 Å². The van der Waals surface area contributed by atoms with Crippen molar-refractivity contribution >= 4 is 28.7 Å². The molecule has 0 amide bonds. The average Bonchev–Trinajstić information content (AvgIpc) is 2.66. The van der Waals surface area contributed by atoms with Crippen molar-refractivity contribution < 1.29 is 4.79 Å². The van der Waals surface area contributed by atoms with Crippen LogP contribution in [0.3, 0.4) is 0 Å². The summed E-state index contributed by atoms with van der Waals surface area (Å²) < 4.78 is 0.679. The molecule has 5 heteroatoms. The molecule has 0 atom stereocenters. The first-order chi connectivity index (χ1) is 7.25. The summed E-state index contributed by atoms with van der Waals surface area (Å²) in [7, 11) is 0. The first-order valence-corrected chi connectivity index (χ1v) is 6.17. The monoisotopic (exact) mass is 244 g/mol. The molecule has 0 radical (unpaired) electrons. The number of thiophene rings is 1. The zero-order chi connectivity index (χ0) is 10.7. The Bertz CT molecular complexity index is 347. The Hall–Kier alpha value is -0.420. The van der Waals surface area contributed by atoms with E-state index in [4.69, 9.17) is 11.6 Å². The first kappa shape index (κ1) is 11.1. The Morgan fingerprint density at radius 2 is 2.20 bits per heavy atom. The largest absolute Gasteiger partial charge is 0.314 e. The summed E-state index contributed by atoms with van der Waals surface area (Å²) in [4.78, 5) is 14.8. The van der Waals surface area contributed by atoms with Crippen molar-refractivity contribution in [1.82, 2.24) is 10.2 Å². The molecule has 1 aliphatic rings. The number of ketones is 1. The van der Waals surface area contributed by atoms with E-state index >= 15 is 0 Å². The van der Waals surface area contributed by atoms with E-state index in [9.17, 15) is 4.79 Å². The maximum Gasteiger partial charge on any atom is 0.186 e. The second-order valence-corrected chi connectivity index (χ2v) is 5.27. The minimum Gasteiger partial charge on any atom is -0.314 e. The molecule has 0 bridgehead atoms. The maximum absolute atomic E-state index is 11.8. The van der Waals surface area contributed by atoms with Gasteiger partial charge in [0, 0.05) is 26.2 Å². The third-order valence-electron chi connectivity index (χ3n) is 2.42. The summed E-state index contributed by atoms with van der Waals surface area (Å²) >= 11 is 7.15. The highest BCUT2D eigenvalue weighted by atomic mass is 35.5. The second kappa shape index (κ2) is 5.07. The van der Waals surface area contributed by atoms with E-state index < -0.39 is 0 Å². The number of hydrogen-bond donors (Lipinski definition) is 1. The third-order valence-corrected chi connectivity index (χ3v) is 3.70. The zero-order valence-electron chi connectivity index (χ0n) is 8.33. The molecule has 1 saturated heterocycles. The van der Waals surface area contributed by atoms with Crippen LogP contribution in [0.5, 0.6) is 0 Å². The van der Waals surface area contributed by atoms with E-state index in [0.717, 1.165) is 31.1 Å². The van der Waals surface area contributed by atoms with Gasteiger partial charge in [0.2, 0.25) is 0 Å². The van der Waals surface area contributed by atoms with Gasteiger partial charge in [-0.15, -0.1) is 11.3 Å². The van der Waals surface area contributed by atoms with Crippen molar-refractivity contribution in [3.63, 3.8) is 0 Å². The first-order valence-electron chi connectivity index (χ1n) is 4.97. The lowest BCUT2D eigenvalue weighted by Crippen LogP contribution is -2.45. The summed E-state index contributed by atoms with van der Waals surface area (Å²) in [5.74, 6) is 0.175. The highest BCUT2D eigenvalue weighted by Crippen LogP contribution is 2.21. The van der Waals surface area contributed by atoms with E-state index in [1.807, 2.05) is 0 Å². The van der Waals surface area contributed by atoms with E-state index in [1.165, 1.54) is 11.3 Å². The van der Waals surface area contributed by atoms with Gasteiger partial charge in [-0.25, -0.2) is 0 Å². The predicted octanol–water partition coefficient (Wildman–Crippen LogP) is 1.49. The minimum atomic E-state index is 0.175. The predicted molar refractivity (Wildman–Crippen MR) is 63.0 cm³/mol. The number of carbonyl (C=O) groups is 1. The van der Waals surface area contributed by atoms with E-state index in [0.29, 0.717) is 10.9 Å². The van der Waals surface area contributed by atoms with Crippen LogP contribution in [0.25, 0.3) is 0 Å². The molecule has 0 saturated carbocycles. The lowest BCUT2D eigenvalue weighted by atomic mass is 10.2. The number of nitrogens with zero attached hydrogens (tertiary/aromatic N) is 1. The molecule has 1 aromatic rings. The molecular formula is C10H13ClN2OS. The van der Waals surface area contributed by atoms with Gasteiger partial charge in [0.15, 0.2) is 5.78 Å². The summed E-state index contributed by atoms with van der Waals surface area (Å²) in [5, 5.41) is 3.26. The molecule has 1 fully saturated rings. The zero-order valence-corrected chi connectivity index (χ0v) is 9.90. The van der Waals surface area contributed by atoms with Crippen LogP contribution >= 0.6 is 22.9 Å². The van der Waals surface area contributed by atoms with E-state index in [2.05, 4.69) is 10.2 Å². The molecule has 2 heterocycles. The summed E-state index contributed by atoms with van der Waals surface area (Å²) in [5.41, 5.74) is 0. The number of Topliss-reactive ketones (excluding diaryl/α,β-unsaturated/α-hetero) is 1. The minimum absolute atomic E-state index is 0.175. The molecule has 0 spiro atoms. The molecule has 1 N–H and O–H groups in total. The lowest BCUT2D eigenvalue weighted by Gasteiger charge is -2.26. The van der Waals surface area contributed by atoms with Gasteiger partial charge in [-0.1, -0.05) is 11.6 Å². The van der Waals surface area contributed by atoms with Gasteiger partial charge in [-0.05, 0) is 12.1 Å². The molecule has 1 aromatic heterocycles. The van der Waals surface area contributed by atoms with Crippen LogP contribution in [-0.2, 0) is 0 Å². The van der Waals surface area contributed by atoms with E-state index in [-0.39, 0.29) is 5.78 Å². The molecule has 1 aliphatic heterocycles. The van der Waals surface area contributed by atoms with Crippen molar-refractivity contribution in [2.24, 2.45) is 0 Å². The Labute approximate surface area is 98.0 Å². The molecule has 0 aliphatic carbocycles. The molecule has 82 valence electrons. The number of rotatable bonds is 3. The Morgan fingerprint density at radius 1 is 1.47 bits per heavy atom. The smallest absolute Gasteiger partial charge is 0.186 e. The summed E-state index contributed by atoms with van der Waals surface area (Å²) in [6, 6.07) is 3.58. The van der Waals surface area contributed by atoms with E-state index in [1.54, 1.807) is 12.1 Å². The Morgan fingerprint density at radius 3 is 2.80 bits per heavy atom. The summed E-state index contributed by atoms with van der Waals surface area (Å²) in [6.07, 6.45) is 0. The van der Waals surface area contributed by atoms with Crippen LogP contribution in [0.1, 0.15) is 9.67 Å². The van der Waals surface area contributed by atoms with Gasteiger partial charge < -0.3 is 5.32 Å². The van der Waals surface area contributed by atoms with Gasteiger partial charge in [0.1, 0.15) is 0 Å². The number of carbonyl (C=O) groups excluding carboxylic acids is 1. The van der Waals surface area contributed by atoms with Crippen molar-refractivity contribution in [2.75, 3.05) is 32.7 Å². The number of halogens is 1. The standard InChI is InChI=1S/C10H13ClN2OS/c11-10-2-1-9(15-10)8(14)7-13-5-3-12-4-6-13/h1-2,12H,3-7H2. The third kappa shape index (κ3) is 3.01. The van der Waals surface area contributed by atoms with Crippen LogP contribution in [0, 0.1) is 0 Å². The maximum atomic E-state index is 11.8. The SMILES string of the molecule is O=C(CN1CCNCC1)c1ccc(Cl)s1. The van der Waals surface area contributed by atoms with Gasteiger partial charge in [0.25, 0.3) is 0 Å². The molecular weight excluding hydrogens is 232 g/mol. The highest BCUT2D eigenvalue weighted by Gasteiger charge is 2.15. The van der Waals surface area contributed by atoms with Gasteiger partial charge in [-0.3, -0.25) is 9.69 Å². The van der Waals surface area contributed by atoms with Gasteiger partial charge in [-0.2, -0.15) is 0 Å². The van der Waals surface area contributed by atoms with Crippen LogP contribution in [0.2, 0.25) is 4.34 Å². The normalized spacial score (nSPS) is 17.9. The Balaban J connectivity index is 1.91.